The van der Waals surface area contributed by atoms with Crippen LogP contribution in [0.2, 0.25) is 0 Å². The maximum atomic E-state index is 12.9. The van der Waals surface area contributed by atoms with Crippen LogP contribution in [0.1, 0.15) is 40.6 Å². The number of amides is 1. The van der Waals surface area contributed by atoms with Crippen LogP contribution in [0.4, 0.5) is 0 Å². The number of nitrogens with zero attached hydrogens (tertiary/aromatic N) is 3. The number of carbonyl (C=O) groups excluding carboxylic acids is 1. The zero-order valence-corrected chi connectivity index (χ0v) is 15.1. The predicted octanol–water partition coefficient (Wildman–Crippen LogP) is 3.13. The molecule has 3 rings (SSSR count). The predicted molar refractivity (Wildman–Crippen MR) is 97.6 cm³/mol. The van der Waals surface area contributed by atoms with Crippen molar-refractivity contribution < 1.29 is 9.53 Å². The monoisotopic (exact) mass is 339 g/mol. The Hall–Kier alpha value is -2.40. The van der Waals surface area contributed by atoms with Gasteiger partial charge in [0, 0.05) is 18.7 Å². The van der Waals surface area contributed by atoms with Crippen molar-refractivity contribution in [2.75, 3.05) is 27.7 Å². The third-order valence-electron chi connectivity index (χ3n) is 4.50. The van der Waals surface area contributed by atoms with Gasteiger partial charge in [-0.25, -0.2) is 0 Å². The zero-order valence-electron chi connectivity index (χ0n) is 15.1. The molecule has 1 aromatic carbocycles. The van der Waals surface area contributed by atoms with Crippen LogP contribution in [0.25, 0.3) is 0 Å². The van der Waals surface area contributed by atoms with Gasteiger partial charge in [0.05, 0.1) is 24.5 Å². The molecular weight excluding hydrogens is 314 g/mol. The van der Waals surface area contributed by atoms with Crippen molar-refractivity contribution in [2.24, 2.45) is 0 Å². The summed E-state index contributed by atoms with van der Waals surface area (Å²) in [4.78, 5) is 21.8. The molecule has 0 saturated carbocycles. The highest BCUT2D eigenvalue weighted by atomic mass is 16.5. The lowest BCUT2D eigenvalue weighted by Crippen LogP contribution is -2.31. The van der Waals surface area contributed by atoms with E-state index in [1.165, 1.54) is 0 Å². The SMILES string of the molecule is COc1ccc(C(=O)N2CCC[C@H]2c2cccc(CN(C)C)n2)cc1. The summed E-state index contributed by atoms with van der Waals surface area (Å²) < 4.78 is 5.17. The smallest absolute Gasteiger partial charge is 0.254 e. The van der Waals surface area contributed by atoms with E-state index in [-0.39, 0.29) is 11.9 Å². The third-order valence-corrected chi connectivity index (χ3v) is 4.50. The summed E-state index contributed by atoms with van der Waals surface area (Å²) >= 11 is 0. The van der Waals surface area contributed by atoms with Crippen LogP contribution < -0.4 is 4.74 Å². The standard InChI is InChI=1S/C20H25N3O2/c1-22(2)14-16-6-4-7-18(21-16)19-8-5-13-23(19)20(24)15-9-11-17(25-3)12-10-15/h4,6-7,9-12,19H,5,8,13-14H2,1-3H3/t19-/m0/s1. The molecule has 132 valence electrons. The van der Waals surface area contributed by atoms with Crippen LogP contribution >= 0.6 is 0 Å². The lowest BCUT2D eigenvalue weighted by Gasteiger charge is -2.25. The molecule has 1 aliphatic rings. The van der Waals surface area contributed by atoms with E-state index in [2.05, 4.69) is 4.90 Å². The first kappa shape index (κ1) is 17.4. The van der Waals surface area contributed by atoms with Gasteiger partial charge in [0.1, 0.15) is 5.75 Å². The Morgan fingerprint density at radius 3 is 2.68 bits per heavy atom. The minimum absolute atomic E-state index is 0.0525. The van der Waals surface area contributed by atoms with Crippen molar-refractivity contribution in [3.8, 4) is 5.75 Å². The number of benzene rings is 1. The molecule has 2 aromatic rings. The molecule has 2 heterocycles. The van der Waals surface area contributed by atoms with Gasteiger partial charge >= 0.3 is 0 Å². The van der Waals surface area contributed by atoms with Crippen LogP contribution in [0.3, 0.4) is 0 Å². The molecule has 5 heteroatoms. The summed E-state index contributed by atoms with van der Waals surface area (Å²) in [5.41, 5.74) is 2.71. The average molecular weight is 339 g/mol. The summed E-state index contributed by atoms with van der Waals surface area (Å²) in [6.45, 7) is 1.57. The van der Waals surface area contributed by atoms with Crippen molar-refractivity contribution in [3.05, 3.63) is 59.4 Å². The van der Waals surface area contributed by atoms with Gasteiger partial charge in [-0.05, 0) is 63.3 Å². The molecule has 0 N–H and O–H groups in total. The molecule has 1 saturated heterocycles. The lowest BCUT2D eigenvalue weighted by molar-refractivity contribution is 0.0732. The Balaban J connectivity index is 1.81. The van der Waals surface area contributed by atoms with E-state index in [4.69, 9.17) is 9.72 Å². The Labute approximate surface area is 149 Å². The first-order valence-electron chi connectivity index (χ1n) is 8.64. The van der Waals surface area contributed by atoms with Gasteiger partial charge in [0.25, 0.3) is 5.91 Å². The van der Waals surface area contributed by atoms with E-state index in [1.54, 1.807) is 7.11 Å². The van der Waals surface area contributed by atoms with Crippen molar-refractivity contribution in [2.45, 2.75) is 25.4 Å². The Morgan fingerprint density at radius 2 is 2.00 bits per heavy atom. The second kappa shape index (κ2) is 7.66. The molecule has 0 spiro atoms. The zero-order chi connectivity index (χ0) is 17.8. The molecule has 1 amide bonds. The van der Waals surface area contributed by atoms with Crippen molar-refractivity contribution in [3.63, 3.8) is 0 Å². The number of hydrogen-bond acceptors (Lipinski definition) is 4. The highest BCUT2D eigenvalue weighted by Gasteiger charge is 2.31. The molecule has 1 aromatic heterocycles. The number of likely N-dealkylation sites (tertiary alicyclic amines) is 1. The third kappa shape index (κ3) is 3.99. The normalized spacial score (nSPS) is 17.1. The number of pyridine rings is 1. The number of methoxy groups -OCH3 is 1. The van der Waals surface area contributed by atoms with Gasteiger partial charge in [-0.15, -0.1) is 0 Å². The maximum Gasteiger partial charge on any atom is 0.254 e. The van der Waals surface area contributed by atoms with E-state index in [1.807, 2.05) is 61.5 Å². The quantitative estimate of drug-likeness (QED) is 0.840. The fourth-order valence-corrected chi connectivity index (χ4v) is 3.31. The molecule has 0 bridgehead atoms. The fourth-order valence-electron chi connectivity index (χ4n) is 3.31. The number of hydrogen-bond donors (Lipinski definition) is 0. The minimum Gasteiger partial charge on any atom is -0.497 e. The Kier molecular flexibility index (Phi) is 5.34. The molecule has 1 atom stereocenters. The van der Waals surface area contributed by atoms with Gasteiger partial charge in [-0.3, -0.25) is 9.78 Å². The van der Waals surface area contributed by atoms with Crippen molar-refractivity contribution >= 4 is 5.91 Å². The van der Waals surface area contributed by atoms with Gasteiger partial charge in [0.15, 0.2) is 0 Å². The van der Waals surface area contributed by atoms with E-state index in [0.29, 0.717) is 5.56 Å². The Bertz CT molecular complexity index is 728. The van der Waals surface area contributed by atoms with E-state index >= 15 is 0 Å². The van der Waals surface area contributed by atoms with Gasteiger partial charge in [-0.2, -0.15) is 0 Å². The summed E-state index contributed by atoms with van der Waals surface area (Å²) in [7, 11) is 5.69. The number of aromatic nitrogens is 1. The van der Waals surface area contributed by atoms with Crippen LogP contribution in [0.5, 0.6) is 5.75 Å². The molecule has 1 fully saturated rings. The van der Waals surface area contributed by atoms with E-state index in [9.17, 15) is 4.79 Å². The van der Waals surface area contributed by atoms with Crippen molar-refractivity contribution in [1.29, 1.82) is 0 Å². The topological polar surface area (TPSA) is 45.7 Å². The summed E-state index contributed by atoms with van der Waals surface area (Å²) in [5.74, 6) is 0.817. The van der Waals surface area contributed by atoms with Crippen LogP contribution in [-0.2, 0) is 6.54 Å². The number of rotatable bonds is 5. The highest BCUT2D eigenvalue weighted by molar-refractivity contribution is 5.94. The van der Waals surface area contributed by atoms with Crippen LogP contribution in [0.15, 0.2) is 42.5 Å². The maximum absolute atomic E-state index is 12.9. The molecule has 5 nitrogen and oxygen atoms in total. The summed E-state index contributed by atoms with van der Waals surface area (Å²) in [6.07, 6.45) is 1.96. The highest BCUT2D eigenvalue weighted by Crippen LogP contribution is 2.32. The van der Waals surface area contributed by atoms with E-state index < -0.39 is 0 Å². The first-order chi connectivity index (χ1) is 12.1. The van der Waals surface area contributed by atoms with Crippen molar-refractivity contribution in [1.82, 2.24) is 14.8 Å². The molecule has 0 aliphatic carbocycles. The van der Waals surface area contributed by atoms with Gasteiger partial charge in [0.2, 0.25) is 0 Å². The second-order valence-corrected chi connectivity index (χ2v) is 6.68. The number of ether oxygens (including phenoxy) is 1. The molecular formula is C20H25N3O2. The van der Waals surface area contributed by atoms with Gasteiger partial charge in [-0.1, -0.05) is 6.07 Å². The fraction of sp³-hybridized carbons (Fsp3) is 0.400. The first-order valence-corrected chi connectivity index (χ1v) is 8.64. The largest absolute Gasteiger partial charge is 0.497 e. The molecule has 0 radical (unpaired) electrons. The van der Waals surface area contributed by atoms with Crippen LogP contribution in [0, 0.1) is 0 Å². The minimum atomic E-state index is 0.0525. The molecule has 1 aliphatic heterocycles. The summed E-state index contributed by atoms with van der Waals surface area (Å²) in [6, 6.07) is 13.5. The Morgan fingerprint density at radius 1 is 1.24 bits per heavy atom. The van der Waals surface area contributed by atoms with Crippen LogP contribution in [-0.4, -0.2) is 48.4 Å². The average Bonchev–Trinajstić information content (AvgIpc) is 3.10. The summed E-state index contributed by atoms with van der Waals surface area (Å²) in [5, 5.41) is 0. The molecule has 0 unspecified atom stereocenters. The molecule has 25 heavy (non-hydrogen) atoms. The van der Waals surface area contributed by atoms with E-state index in [0.717, 1.165) is 43.1 Å². The lowest BCUT2D eigenvalue weighted by atomic mass is 10.1. The van der Waals surface area contributed by atoms with Gasteiger partial charge < -0.3 is 14.5 Å². The second-order valence-electron chi connectivity index (χ2n) is 6.68. The number of carbonyl (C=O) groups is 1.